The second-order valence-electron chi connectivity index (χ2n) is 13.5. The molecule has 0 spiro atoms. The van der Waals surface area contributed by atoms with Gasteiger partial charge in [-0.2, -0.15) is 0 Å². The molecule has 0 atom stereocenters. The van der Waals surface area contributed by atoms with Crippen LogP contribution in [-0.2, 0) is 0 Å². The predicted octanol–water partition coefficient (Wildman–Crippen LogP) is 14.0. The third kappa shape index (κ3) is 4.98. The minimum Gasteiger partial charge on any atom is -0.256 e. The molecule has 1 heterocycles. The van der Waals surface area contributed by atoms with Crippen molar-refractivity contribution in [3.8, 4) is 55.8 Å². The minimum absolute atomic E-state index is 0.980. The van der Waals surface area contributed by atoms with E-state index in [1.54, 1.807) is 0 Å². The zero-order chi connectivity index (χ0) is 34.4. The van der Waals surface area contributed by atoms with E-state index in [-0.39, 0.29) is 0 Å². The molecule has 0 aliphatic rings. The highest BCUT2D eigenvalue weighted by molar-refractivity contribution is 6.24. The number of rotatable bonds is 5. The number of hydrogen-bond acceptors (Lipinski definition) is 1. The van der Waals surface area contributed by atoms with Gasteiger partial charge in [0.2, 0.25) is 0 Å². The van der Waals surface area contributed by atoms with Crippen LogP contribution in [0.15, 0.2) is 200 Å². The lowest BCUT2D eigenvalue weighted by atomic mass is 9.83. The van der Waals surface area contributed by atoms with Crippen molar-refractivity contribution < 1.29 is 0 Å². The highest BCUT2D eigenvalue weighted by atomic mass is 14.7. The molecule has 1 heteroatoms. The van der Waals surface area contributed by atoms with E-state index in [2.05, 4.69) is 194 Å². The van der Waals surface area contributed by atoms with E-state index in [4.69, 9.17) is 4.98 Å². The zero-order valence-corrected chi connectivity index (χ0v) is 28.5. The average Bonchev–Trinajstić information content (AvgIpc) is 3.23. The third-order valence-electron chi connectivity index (χ3n) is 10.5. The van der Waals surface area contributed by atoms with Crippen LogP contribution in [0.2, 0.25) is 0 Å². The van der Waals surface area contributed by atoms with E-state index in [1.807, 2.05) is 6.20 Å². The van der Waals surface area contributed by atoms with Crippen LogP contribution in [-0.4, -0.2) is 4.98 Å². The van der Waals surface area contributed by atoms with E-state index in [1.165, 1.54) is 76.5 Å². The Hall–Kier alpha value is -6.83. The van der Waals surface area contributed by atoms with Crippen LogP contribution in [0.4, 0.5) is 0 Å². The smallest absolute Gasteiger partial charge is 0.0708 e. The van der Waals surface area contributed by atoms with Gasteiger partial charge >= 0.3 is 0 Å². The Labute approximate surface area is 303 Å². The molecular weight excluding hydrogens is 627 g/mol. The largest absolute Gasteiger partial charge is 0.256 e. The Kier molecular flexibility index (Phi) is 7.22. The first kappa shape index (κ1) is 30.0. The van der Waals surface area contributed by atoms with Crippen LogP contribution in [0.25, 0.3) is 98.9 Å². The molecule has 0 saturated heterocycles. The molecule has 1 nitrogen and oxygen atoms in total. The number of benzene rings is 9. The minimum atomic E-state index is 0.980. The zero-order valence-electron chi connectivity index (χ0n) is 28.5. The van der Waals surface area contributed by atoms with Gasteiger partial charge in [0.25, 0.3) is 0 Å². The summed E-state index contributed by atoms with van der Waals surface area (Å²) in [5.74, 6) is 0. The molecule has 242 valence electrons. The van der Waals surface area contributed by atoms with Gasteiger partial charge in [0, 0.05) is 17.3 Å². The Morgan fingerprint density at radius 3 is 1.48 bits per heavy atom. The summed E-state index contributed by atoms with van der Waals surface area (Å²) in [4.78, 5) is 4.97. The molecule has 1 aromatic heterocycles. The van der Waals surface area contributed by atoms with Crippen molar-refractivity contribution in [1.29, 1.82) is 0 Å². The van der Waals surface area contributed by atoms with Gasteiger partial charge in [0.15, 0.2) is 0 Å². The molecule has 0 aliphatic heterocycles. The van der Waals surface area contributed by atoms with Crippen molar-refractivity contribution >= 4 is 43.1 Å². The van der Waals surface area contributed by atoms with Gasteiger partial charge in [-0.1, -0.05) is 182 Å². The van der Waals surface area contributed by atoms with E-state index < -0.39 is 0 Å². The van der Waals surface area contributed by atoms with Crippen LogP contribution < -0.4 is 0 Å². The van der Waals surface area contributed by atoms with Gasteiger partial charge in [-0.15, -0.1) is 0 Å². The molecule has 0 unspecified atom stereocenters. The van der Waals surface area contributed by atoms with E-state index in [9.17, 15) is 0 Å². The normalized spacial score (nSPS) is 11.5. The summed E-state index contributed by atoms with van der Waals surface area (Å²) in [6, 6.07) is 70.2. The lowest BCUT2D eigenvalue weighted by Crippen LogP contribution is -1.93. The second-order valence-corrected chi connectivity index (χ2v) is 13.5. The molecular formula is C51H33N. The summed E-state index contributed by atoms with van der Waals surface area (Å²) in [6.07, 6.45) is 2.01. The summed E-state index contributed by atoms with van der Waals surface area (Å²) in [7, 11) is 0. The SMILES string of the molecule is c1ccc(-c2ccc(-c3c4ccccc4c(-c4cccc(-c5ccc(-c6cccc7ccccc67)nc5)c4)c4ccccc34)c3ccccc23)cc1. The maximum atomic E-state index is 4.97. The monoisotopic (exact) mass is 659 g/mol. The number of hydrogen-bond donors (Lipinski definition) is 0. The lowest BCUT2D eigenvalue weighted by molar-refractivity contribution is 1.33. The summed E-state index contributed by atoms with van der Waals surface area (Å²) in [5, 5.41) is 9.95. The molecule has 0 saturated carbocycles. The van der Waals surface area contributed by atoms with Crippen molar-refractivity contribution in [3.05, 3.63) is 200 Å². The van der Waals surface area contributed by atoms with Gasteiger partial charge in [0.05, 0.1) is 5.69 Å². The quantitative estimate of drug-likeness (QED) is 0.168. The van der Waals surface area contributed by atoms with Gasteiger partial charge in [0.1, 0.15) is 0 Å². The van der Waals surface area contributed by atoms with Crippen LogP contribution in [0, 0.1) is 0 Å². The van der Waals surface area contributed by atoms with Crippen LogP contribution in [0.3, 0.4) is 0 Å². The van der Waals surface area contributed by atoms with Crippen molar-refractivity contribution in [2.45, 2.75) is 0 Å². The fourth-order valence-corrected chi connectivity index (χ4v) is 8.14. The second kappa shape index (κ2) is 12.5. The summed E-state index contributed by atoms with van der Waals surface area (Å²) >= 11 is 0. The number of pyridine rings is 1. The van der Waals surface area contributed by atoms with E-state index >= 15 is 0 Å². The van der Waals surface area contributed by atoms with Crippen LogP contribution in [0.1, 0.15) is 0 Å². The summed E-state index contributed by atoms with van der Waals surface area (Å²) in [6.45, 7) is 0. The fourth-order valence-electron chi connectivity index (χ4n) is 8.14. The number of fused-ring (bicyclic) bond motifs is 4. The molecule has 0 fully saturated rings. The molecule has 10 rings (SSSR count). The van der Waals surface area contributed by atoms with Gasteiger partial charge in [-0.25, -0.2) is 0 Å². The molecule has 10 aromatic rings. The summed E-state index contributed by atoms with van der Waals surface area (Å²) in [5.41, 5.74) is 11.8. The molecule has 52 heavy (non-hydrogen) atoms. The van der Waals surface area contributed by atoms with Crippen molar-refractivity contribution in [1.82, 2.24) is 4.98 Å². The highest BCUT2D eigenvalue weighted by Crippen LogP contribution is 2.46. The topological polar surface area (TPSA) is 12.9 Å². The molecule has 9 aromatic carbocycles. The van der Waals surface area contributed by atoms with Gasteiger partial charge in [-0.05, 0) is 94.2 Å². The maximum absolute atomic E-state index is 4.97. The molecule has 0 N–H and O–H groups in total. The molecule has 0 aliphatic carbocycles. The van der Waals surface area contributed by atoms with Crippen molar-refractivity contribution in [2.24, 2.45) is 0 Å². The molecule has 0 bridgehead atoms. The third-order valence-corrected chi connectivity index (χ3v) is 10.5. The Bertz CT molecular complexity index is 2880. The maximum Gasteiger partial charge on any atom is 0.0708 e. The number of aromatic nitrogens is 1. The van der Waals surface area contributed by atoms with E-state index in [0.717, 1.165) is 22.4 Å². The molecule has 0 amide bonds. The van der Waals surface area contributed by atoms with E-state index in [0.29, 0.717) is 0 Å². The highest BCUT2D eigenvalue weighted by Gasteiger charge is 2.19. The number of nitrogens with zero attached hydrogens (tertiary/aromatic N) is 1. The van der Waals surface area contributed by atoms with Gasteiger partial charge in [-0.3, -0.25) is 4.98 Å². The van der Waals surface area contributed by atoms with Crippen LogP contribution in [0.5, 0.6) is 0 Å². The first-order valence-corrected chi connectivity index (χ1v) is 17.9. The first-order valence-electron chi connectivity index (χ1n) is 17.9. The summed E-state index contributed by atoms with van der Waals surface area (Å²) < 4.78 is 0. The van der Waals surface area contributed by atoms with Crippen LogP contribution >= 0.6 is 0 Å². The predicted molar refractivity (Wildman–Crippen MR) is 221 cm³/mol. The average molecular weight is 660 g/mol. The fraction of sp³-hybridized carbons (Fsp3) is 0. The first-order chi connectivity index (χ1) is 25.8. The van der Waals surface area contributed by atoms with Crippen molar-refractivity contribution in [3.63, 3.8) is 0 Å². The Balaban J connectivity index is 1.14. The van der Waals surface area contributed by atoms with Crippen molar-refractivity contribution in [2.75, 3.05) is 0 Å². The Morgan fingerprint density at radius 2 is 0.788 bits per heavy atom. The molecule has 0 radical (unpaired) electrons. The standard InChI is InChI=1S/C51H33N/c1-2-14-34(15-3-1)40-29-30-48(42-22-7-6-21-41(40)42)51-46-25-10-8-23-44(46)50(45-24-9-11-26-47(45)51)37-19-12-18-36(32-37)38-28-31-49(52-33-38)43-27-13-17-35-16-4-5-20-39(35)43/h1-33H. The van der Waals surface area contributed by atoms with Gasteiger partial charge < -0.3 is 0 Å². The lowest BCUT2D eigenvalue weighted by Gasteiger charge is -2.20. The Morgan fingerprint density at radius 1 is 0.269 bits per heavy atom.